The Labute approximate surface area is 101 Å². The van der Waals surface area contributed by atoms with Crippen LogP contribution in [0.3, 0.4) is 0 Å². The van der Waals surface area contributed by atoms with Gasteiger partial charge < -0.3 is 9.73 Å². The molecule has 1 unspecified atom stereocenters. The van der Waals surface area contributed by atoms with Gasteiger partial charge in [0.05, 0.1) is 0 Å². The maximum absolute atomic E-state index is 5.68. The number of aromatic nitrogens is 2. The van der Waals surface area contributed by atoms with Gasteiger partial charge in [0.2, 0.25) is 11.8 Å². The molecule has 0 spiro atoms. The Morgan fingerprint density at radius 3 is 3.19 bits per heavy atom. The zero-order chi connectivity index (χ0) is 11.2. The van der Waals surface area contributed by atoms with E-state index >= 15 is 0 Å². The van der Waals surface area contributed by atoms with Gasteiger partial charge in [0, 0.05) is 18.1 Å². The van der Waals surface area contributed by atoms with Crippen LogP contribution in [0.15, 0.2) is 4.42 Å². The molecule has 5 heteroatoms. The van der Waals surface area contributed by atoms with Crippen molar-refractivity contribution in [1.82, 2.24) is 15.5 Å². The molecule has 1 N–H and O–H groups in total. The molecule has 1 atom stereocenters. The Bertz CT molecular complexity index is 310. The van der Waals surface area contributed by atoms with Crippen molar-refractivity contribution < 1.29 is 4.42 Å². The third-order valence-electron chi connectivity index (χ3n) is 2.76. The van der Waals surface area contributed by atoms with E-state index in [1.54, 1.807) is 0 Å². The van der Waals surface area contributed by atoms with Crippen molar-refractivity contribution in [2.24, 2.45) is 0 Å². The van der Waals surface area contributed by atoms with E-state index in [-0.39, 0.29) is 0 Å². The second-order valence-corrected chi connectivity index (χ2v) is 5.20. The molecule has 0 bridgehead atoms. The van der Waals surface area contributed by atoms with E-state index in [0.717, 1.165) is 43.5 Å². The number of aryl methyl sites for hydroxylation is 1. The van der Waals surface area contributed by atoms with Crippen LogP contribution >= 0.6 is 11.8 Å². The summed E-state index contributed by atoms with van der Waals surface area (Å²) in [5, 5.41) is 11.5. The fourth-order valence-electron chi connectivity index (χ4n) is 1.80. The molecule has 1 aliphatic rings. The number of nitrogens with zero attached hydrogens (tertiary/aromatic N) is 2. The van der Waals surface area contributed by atoms with Crippen LogP contribution in [0.4, 0.5) is 0 Å². The van der Waals surface area contributed by atoms with E-state index < -0.39 is 0 Å². The molecule has 2 heterocycles. The van der Waals surface area contributed by atoms with Crippen LogP contribution in [0.5, 0.6) is 0 Å². The van der Waals surface area contributed by atoms with E-state index in [1.165, 1.54) is 12.2 Å². The molecule has 1 saturated heterocycles. The van der Waals surface area contributed by atoms with Crippen molar-refractivity contribution in [2.45, 2.75) is 32.1 Å². The van der Waals surface area contributed by atoms with Crippen molar-refractivity contribution in [2.75, 3.05) is 24.6 Å². The summed E-state index contributed by atoms with van der Waals surface area (Å²) in [7, 11) is 0. The normalized spacial score (nSPS) is 20.4. The predicted molar refractivity (Wildman–Crippen MR) is 65.8 cm³/mol. The Kier molecular flexibility index (Phi) is 4.66. The highest BCUT2D eigenvalue weighted by atomic mass is 32.2. The Morgan fingerprint density at radius 2 is 2.44 bits per heavy atom. The predicted octanol–water partition coefficient (Wildman–Crippen LogP) is 1.83. The largest absolute Gasteiger partial charge is 0.425 e. The molecule has 4 nitrogen and oxygen atoms in total. The van der Waals surface area contributed by atoms with Crippen LogP contribution in [0, 0.1) is 0 Å². The average molecular weight is 241 g/mol. The summed E-state index contributed by atoms with van der Waals surface area (Å²) in [6.45, 7) is 4.16. The first-order chi connectivity index (χ1) is 7.90. The lowest BCUT2D eigenvalue weighted by molar-refractivity contribution is 0.420. The van der Waals surface area contributed by atoms with Crippen molar-refractivity contribution in [3.63, 3.8) is 0 Å². The second kappa shape index (κ2) is 6.25. The molecule has 0 amide bonds. The van der Waals surface area contributed by atoms with Crippen LogP contribution in [0.1, 0.15) is 37.5 Å². The smallest absolute Gasteiger partial charge is 0.220 e. The lowest BCUT2D eigenvalue weighted by Gasteiger charge is -2.00. The van der Waals surface area contributed by atoms with Gasteiger partial charge in [-0.05, 0) is 31.7 Å². The summed E-state index contributed by atoms with van der Waals surface area (Å²) in [4.78, 5) is 0. The van der Waals surface area contributed by atoms with Crippen LogP contribution in [-0.4, -0.2) is 34.8 Å². The zero-order valence-corrected chi connectivity index (χ0v) is 10.6. The van der Waals surface area contributed by atoms with Gasteiger partial charge in [0.1, 0.15) is 0 Å². The van der Waals surface area contributed by atoms with Gasteiger partial charge in [-0.15, -0.1) is 10.2 Å². The summed E-state index contributed by atoms with van der Waals surface area (Å²) in [5.74, 6) is 4.51. The van der Waals surface area contributed by atoms with E-state index in [1.807, 2.05) is 11.8 Å². The lowest BCUT2D eigenvalue weighted by Crippen LogP contribution is -2.14. The minimum atomic E-state index is 0.500. The highest BCUT2D eigenvalue weighted by molar-refractivity contribution is 7.99. The van der Waals surface area contributed by atoms with E-state index in [9.17, 15) is 0 Å². The van der Waals surface area contributed by atoms with Gasteiger partial charge >= 0.3 is 0 Å². The van der Waals surface area contributed by atoms with Gasteiger partial charge in [-0.2, -0.15) is 11.8 Å². The Balaban J connectivity index is 1.77. The van der Waals surface area contributed by atoms with Crippen molar-refractivity contribution >= 4 is 11.8 Å². The molecule has 1 aromatic heterocycles. The molecule has 0 radical (unpaired) electrons. The molecule has 0 saturated carbocycles. The number of rotatable bonds is 6. The second-order valence-electron chi connectivity index (χ2n) is 4.05. The van der Waals surface area contributed by atoms with Gasteiger partial charge in [-0.1, -0.05) is 6.92 Å². The first-order valence-electron chi connectivity index (χ1n) is 6.01. The maximum Gasteiger partial charge on any atom is 0.220 e. The highest BCUT2D eigenvalue weighted by Crippen LogP contribution is 2.31. The lowest BCUT2D eigenvalue weighted by atomic mass is 10.1. The SMILES string of the molecule is CCNCCCc1nnc(C2CCSC2)o1. The number of hydrogen-bond donors (Lipinski definition) is 1. The zero-order valence-electron chi connectivity index (χ0n) is 9.74. The minimum absolute atomic E-state index is 0.500. The first kappa shape index (κ1) is 11.9. The molecule has 2 rings (SSSR count). The van der Waals surface area contributed by atoms with Gasteiger partial charge in [0.25, 0.3) is 0 Å². The fourth-order valence-corrected chi connectivity index (χ4v) is 3.01. The summed E-state index contributed by atoms with van der Waals surface area (Å²) < 4.78 is 5.68. The van der Waals surface area contributed by atoms with Gasteiger partial charge in [-0.25, -0.2) is 0 Å². The topological polar surface area (TPSA) is 51.0 Å². The van der Waals surface area contributed by atoms with Gasteiger partial charge in [-0.3, -0.25) is 0 Å². The van der Waals surface area contributed by atoms with Crippen molar-refractivity contribution in [3.05, 3.63) is 11.8 Å². The molecular formula is C11H19N3OS. The van der Waals surface area contributed by atoms with Crippen LogP contribution < -0.4 is 5.32 Å². The third-order valence-corrected chi connectivity index (χ3v) is 3.92. The molecule has 1 aliphatic heterocycles. The quantitative estimate of drug-likeness (QED) is 0.770. The van der Waals surface area contributed by atoms with E-state index in [2.05, 4.69) is 22.4 Å². The first-order valence-corrected chi connectivity index (χ1v) is 7.16. The fraction of sp³-hybridized carbons (Fsp3) is 0.818. The molecular weight excluding hydrogens is 222 g/mol. The summed E-state index contributed by atoms with van der Waals surface area (Å²) in [6.07, 6.45) is 3.14. The number of nitrogens with one attached hydrogen (secondary N) is 1. The average Bonchev–Trinajstić information content (AvgIpc) is 2.94. The minimum Gasteiger partial charge on any atom is -0.425 e. The van der Waals surface area contributed by atoms with Crippen molar-refractivity contribution in [1.29, 1.82) is 0 Å². The van der Waals surface area contributed by atoms with E-state index in [4.69, 9.17) is 4.42 Å². The van der Waals surface area contributed by atoms with E-state index in [0.29, 0.717) is 5.92 Å². The van der Waals surface area contributed by atoms with Crippen LogP contribution in [0.2, 0.25) is 0 Å². The monoisotopic (exact) mass is 241 g/mol. The van der Waals surface area contributed by atoms with Crippen LogP contribution in [0.25, 0.3) is 0 Å². The highest BCUT2D eigenvalue weighted by Gasteiger charge is 2.22. The molecule has 90 valence electrons. The molecule has 1 fully saturated rings. The molecule has 0 aromatic carbocycles. The van der Waals surface area contributed by atoms with Crippen LogP contribution in [-0.2, 0) is 6.42 Å². The van der Waals surface area contributed by atoms with Crippen molar-refractivity contribution in [3.8, 4) is 0 Å². The summed E-state index contributed by atoms with van der Waals surface area (Å²) in [5.41, 5.74) is 0. The summed E-state index contributed by atoms with van der Waals surface area (Å²) in [6, 6.07) is 0. The molecule has 0 aliphatic carbocycles. The number of thioether (sulfide) groups is 1. The third kappa shape index (κ3) is 3.22. The molecule has 16 heavy (non-hydrogen) atoms. The standard InChI is InChI=1S/C11H19N3OS/c1-2-12-6-3-4-10-13-14-11(15-10)9-5-7-16-8-9/h9,12H,2-8H2,1H3. The number of hydrogen-bond acceptors (Lipinski definition) is 5. The Morgan fingerprint density at radius 1 is 1.50 bits per heavy atom. The Hall–Kier alpha value is -0.550. The maximum atomic E-state index is 5.68. The van der Waals surface area contributed by atoms with Gasteiger partial charge in [0.15, 0.2) is 0 Å². The summed E-state index contributed by atoms with van der Waals surface area (Å²) >= 11 is 1.97. The molecule has 1 aromatic rings.